The molecule has 2 aromatic carbocycles. The first-order valence-electron chi connectivity index (χ1n) is 10.2. The van der Waals surface area contributed by atoms with Gasteiger partial charge in [-0.15, -0.1) is 0 Å². The van der Waals surface area contributed by atoms with Crippen LogP contribution in [0.5, 0.6) is 5.75 Å². The van der Waals surface area contributed by atoms with Gasteiger partial charge < -0.3 is 10.2 Å². The molecule has 2 N–H and O–H groups in total. The molecule has 5 atom stereocenters. The SMILES string of the molecule is C[C@]12CC[C@@H]3c4ccc(O)cc4CC[C@H]3[C@@H]1CC[C@@]2(O)c1ccc(I)cc1. The molecule has 0 saturated heterocycles. The predicted octanol–water partition coefficient (Wildman–Crippen LogP) is 5.74. The second-order valence-electron chi connectivity index (χ2n) is 9.16. The highest BCUT2D eigenvalue weighted by Crippen LogP contribution is 2.67. The van der Waals surface area contributed by atoms with Crippen LogP contribution in [0.15, 0.2) is 42.5 Å². The van der Waals surface area contributed by atoms with E-state index >= 15 is 0 Å². The summed E-state index contributed by atoms with van der Waals surface area (Å²) in [7, 11) is 0. The number of phenols is 1. The Hall–Kier alpha value is -1.07. The number of aryl methyl sites for hydroxylation is 1. The van der Waals surface area contributed by atoms with Crippen molar-refractivity contribution < 1.29 is 10.2 Å². The van der Waals surface area contributed by atoms with Gasteiger partial charge in [0.05, 0.1) is 5.60 Å². The van der Waals surface area contributed by atoms with E-state index in [1.165, 1.54) is 21.1 Å². The summed E-state index contributed by atoms with van der Waals surface area (Å²) in [5.74, 6) is 2.20. The van der Waals surface area contributed by atoms with E-state index in [0.717, 1.165) is 37.7 Å². The second-order valence-corrected chi connectivity index (χ2v) is 10.4. The average Bonchev–Trinajstić information content (AvgIpc) is 2.94. The molecule has 142 valence electrons. The minimum absolute atomic E-state index is 0.0463. The summed E-state index contributed by atoms with van der Waals surface area (Å²) in [6, 6.07) is 14.5. The lowest BCUT2D eigenvalue weighted by atomic mass is 9.52. The monoisotopic (exact) mass is 474 g/mol. The molecule has 0 aliphatic heterocycles. The van der Waals surface area contributed by atoms with Crippen molar-refractivity contribution >= 4 is 22.6 Å². The van der Waals surface area contributed by atoms with Crippen molar-refractivity contribution in [3.05, 3.63) is 62.7 Å². The number of hydrogen-bond acceptors (Lipinski definition) is 2. The van der Waals surface area contributed by atoms with Gasteiger partial charge in [0.1, 0.15) is 5.75 Å². The second kappa shape index (κ2) is 6.21. The Kier molecular flexibility index (Phi) is 4.14. The highest BCUT2D eigenvalue weighted by atomic mass is 127. The molecule has 0 bridgehead atoms. The molecule has 2 aromatic rings. The third kappa shape index (κ3) is 2.53. The predicted molar refractivity (Wildman–Crippen MR) is 116 cm³/mol. The van der Waals surface area contributed by atoms with Gasteiger partial charge in [-0.05, 0) is 120 Å². The van der Waals surface area contributed by atoms with Gasteiger partial charge in [0.2, 0.25) is 0 Å². The molecule has 2 saturated carbocycles. The van der Waals surface area contributed by atoms with Crippen LogP contribution in [0.3, 0.4) is 0 Å². The molecule has 27 heavy (non-hydrogen) atoms. The number of halogens is 1. The lowest BCUT2D eigenvalue weighted by molar-refractivity contribution is -0.108. The van der Waals surface area contributed by atoms with Crippen LogP contribution in [-0.2, 0) is 12.0 Å². The van der Waals surface area contributed by atoms with Crippen LogP contribution in [0.4, 0.5) is 0 Å². The fourth-order valence-corrected chi connectivity index (χ4v) is 7.14. The molecular formula is C24H27IO2. The Morgan fingerprint density at radius 1 is 1.00 bits per heavy atom. The summed E-state index contributed by atoms with van der Waals surface area (Å²) in [6.45, 7) is 2.35. The van der Waals surface area contributed by atoms with Gasteiger partial charge in [0.25, 0.3) is 0 Å². The summed E-state index contributed by atoms with van der Waals surface area (Å²) in [6.07, 6.45) is 6.45. The summed E-state index contributed by atoms with van der Waals surface area (Å²) in [5, 5.41) is 21.8. The molecule has 5 rings (SSSR count). The minimum Gasteiger partial charge on any atom is -0.508 e. The van der Waals surface area contributed by atoms with Crippen molar-refractivity contribution in [1.29, 1.82) is 0 Å². The van der Waals surface area contributed by atoms with Crippen molar-refractivity contribution in [1.82, 2.24) is 0 Å². The molecule has 0 amide bonds. The highest BCUT2D eigenvalue weighted by molar-refractivity contribution is 14.1. The van der Waals surface area contributed by atoms with Gasteiger partial charge in [0.15, 0.2) is 0 Å². The largest absolute Gasteiger partial charge is 0.508 e. The summed E-state index contributed by atoms with van der Waals surface area (Å²) < 4.78 is 1.22. The number of benzene rings is 2. The Morgan fingerprint density at radius 2 is 1.78 bits per heavy atom. The number of phenolic OH excluding ortho intramolecular Hbond substituents is 1. The van der Waals surface area contributed by atoms with Gasteiger partial charge in [-0.2, -0.15) is 0 Å². The summed E-state index contributed by atoms with van der Waals surface area (Å²) in [5.41, 5.74) is 3.14. The lowest BCUT2D eigenvalue weighted by Gasteiger charge is -2.53. The molecule has 3 aliphatic carbocycles. The quantitative estimate of drug-likeness (QED) is 0.518. The van der Waals surface area contributed by atoms with Gasteiger partial charge in [-0.25, -0.2) is 0 Å². The first-order chi connectivity index (χ1) is 12.9. The number of rotatable bonds is 1. The van der Waals surface area contributed by atoms with Crippen LogP contribution in [0, 0.1) is 20.8 Å². The molecule has 0 heterocycles. The minimum atomic E-state index is -0.706. The summed E-state index contributed by atoms with van der Waals surface area (Å²) in [4.78, 5) is 0. The van der Waals surface area contributed by atoms with E-state index in [1.807, 2.05) is 12.1 Å². The van der Waals surface area contributed by atoms with E-state index in [4.69, 9.17) is 0 Å². The van der Waals surface area contributed by atoms with Crippen LogP contribution in [-0.4, -0.2) is 10.2 Å². The highest BCUT2D eigenvalue weighted by Gasteiger charge is 2.62. The number of fused-ring (bicyclic) bond motifs is 5. The zero-order valence-corrected chi connectivity index (χ0v) is 17.9. The Labute approximate surface area is 175 Å². The Bertz CT molecular complexity index is 876. The molecule has 0 aromatic heterocycles. The molecule has 2 nitrogen and oxygen atoms in total. The molecule has 3 aliphatic rings. The number of hydrogen-bond donors (Lipinski definition) is 2. The number of aliphatic hydroxyl groups is 1. The fourth-order valence-electron chi connectivity index (χ4n) is 6.78. The lowest BCUT2D eigenvalue weighted by Crippen LogP contribution is -2.49. The van der Waals surface area contributed by atoms with E-state index in [1.54, 1.807) is 0 Å². The fraction of sp³-hybridized carbons (Fsp3) is 0.500. The van der Waals surface area contributed by atoms with E-state index in [9.17, 15) is 10.2 Å². The molecule has 3 heteroatoms. The first kappa shape index (κ1) is 18.0. The molecular weight excluding hydrogens is 447 g/mol. The standard InChI is InChI=1S/C24H27IO2/c1-23-12-10-20-19-9-7-18(26)14-15(19)2-8-21(20)22(23)11-13-24(23,27)16-3-5-17(25)6-4-16/h3-7,9,14,20-22,26-27H,2,8,10-13H2,1H3/t20-,21-,22+,23+,24-/m1/s1. The van der Waals surface area contributed by atoms with Crippen molar-refractivity contribution in [3.63, 3.8) is 0 Å². The molecule has 0 unspecified atom stereocenters. The van der Waals surface area contributed by atoms with Gasteiger partial charge in [-0.3, -0.25) is 0 Å². The topological polar surface area (TPSA) is 40.5 Å². The normalized spacial score (nSPS) is 37.4. The van der Waals surface area contributed by atoms with Gasteiger partial charge >= 0.3 is 0 Å². The number of aromatic hydroxyl groups is 1. The Balaban J connectivity index is 1.51. The zero-order valence-electron chi connectivity index (χ0n) is 15.8. The van der Waals surface area contributed by atoms with E-state index in [-0.39, 0.29) is 5.41 Å². The molecule has 2 fully saturated rings. The van der Waals surface area contributed by atoms with Crippen LogP contribution < -0.4 is 0 Å². The molecule has 0 spiro atoms. The smallest absolute Gasteiger partial charge is 0.115 e. The van der Waals surface area contributed by atoms with Crippen molar-refractivity contribution in [2.24, 2.45) is 17.3 Å². The maximum atomic E-state index is 11.9. The van der Waals surface area contributed by atoms with Crippen molar-refractivity contribution in [2.45, 2.75) is 57.0 Å². The maximum Gasteiger partial charge on any atom is 0.115 e. The van der Waals surface area contributed by atoms with E-state index in [0.29, 0.717) is 23.5 Å². The van der Waals surface area contributed by atoms with E-state index < -0.39 is 5.60 Å². The van der Waals surface area contributed by atoms with E-state index in [2.05, 4.69) is 59.8 Å². The van der Waals surface area contributed by atoms with Crippen molar-refractivity contribution in [3.8, 4) is 5.75 Å². The molecule has 0 radical (unpaired) electrons. The zero-order chi connectivity index (χ0) is 18.8. The maximum absolute atomic E-state index is 11.9. The van der Waals surface area contributed by atoms with Gasteiger partial charge in [0, 0.05) is 8.99 Å². The van der Waals surface area contributed by atoms with Gasteiger partial charge in [-0.1, -0.05) is 25.1 Å². The van der Waals surface area contributed by atoms with Crippen LogP contribution in [0.2, 0.25) is 0 Å². The summed E-state index contributed by atoms with van der Waals surface area (Å²) >= 11 is 2.33. The van der Waals surface area contributed by atoms with Crippen molar-refractivity contribution in [2.75, 3.05) is 0 Å². The van der Waals surface area contributed by atoms with Crippen LogP contribution >= 0.6 is 22.6 Å². The third-order valence-electron chi connectivity index (χ3n) is 8.18. The van der Waals surface area contributed by atoms with Crippen LogP contribution in [0.25, 0.3) is 0 Å². The Morgan fingerprint density at radius 3 is 2.56 bits per heavy atom. The van der Waals surface area contributed by atoms with Crippen LogP contribution in [0.1, 0.15) is 61.6 Å². The average molecular weight is 474 g/mol. The first-order valence-corrected chi connectivity index (χ1v) is 11.3. The third-order valence-corrected chi connectivity index (χ3v) is 8.90.